The molecule has 3 N–H and O–H groups in total. The fourth-order valence-electron chi connectivity index (χ4n) is 2.64. The van der Waals surface area contributed by atoms with Crippen LogP contribution in [0.1, 0.15) is 30.4 Å². The van der Waals surface area contributed by atoms with E-state index >= 15 is 0 Å². The second-order valence-electron chi connectivity index (χ2n) is 5.48. The lowest BCUT2D eigenvalue weighted by atomic mass is 10.1. The standard InChI is InChI=1S/C15H20F2N2O2.ClH/c1-9-2-5-13(21-15(16)17)11(6-9)8-19-14(20)10-3-4-12(18)7-10;/h2,5-6,10,12,15H,3-4,7-8,18H2,1H3,(H,19,20);1H. The molecule has 22 heavy (non-hydrogen) atoms. The van der Waals surface area contributed by atoms with E-state index in [0.29, 0.717) is 12.0 Å². The van der Waals surface area contributed by atoms with E-state index < -0.39 is 6.61 Å². The zero-order valence-corrected chi connectivity index (χ0v) is 13.2. The first-order valence-corrected chi connectivity index (χ1v) is 7.03. The van der Waals surface area contributed by atoms with Crippen LogP contribution >= 0.6 is 12.4 Å². The average Bonchev–Trinajstić information content (AvgIpc) is 2.85. The average molecular weight is 335 g/mol. The molecule has 2 atom stereocenters. The Kier molecular flexibility index (Phi) is 7.03. The molecule has 0 aromatic heterocycles. The first-order valence-electron chi connectivity index (χ1n) is 7.03. The van der Waals surface area contributed by atoms with E-state index in [9.17, 15) is 13.6 Å². The maximum absolute atomic E-state index is 12.4. The fraction of sp³-hybridized carbons (Fsp3) is 0.533. The van der Waals surface area contributed by atoms with Crippen molar-refractivity contribution in [2.75, 3.05) is 0 Å². The summed E-state index contributed by atoms with van der Waals surface area (Å²) in [4.78, 5) is 12.0. The molecule has 1 aromatic carbocycles. The van der Waals surface area contributed by atoms with Crippen molar-refractivity contribution in [2.45, 2.75) is 45.4 Å². The molecule has 0 spiro atoms. The molecule has 1 fully saturated rings. The Bertz CT molecular complexity index is 514. The summed E-state index contributed by atoms with van der Waals surface area (Å²) in [5.74, 6) is -0.0595. The van der Waals surface area contributed by atoms with Crippen LogP contribution < -0.4 is 15.8 Å². The molecule has 1 aromatic rings. The number of carbonyl (C=O) groups excluding carboxylic acids is 1. The summed E-state index contributed by atoms with van der Waals surface area (Å²) in [7, 11) is 0. The molecule has 0 saturated heterocycles. The quantitative estimate of drug-likeness (QED) is 0.870. The van der Waals surface area contributed by atoms with Crippen LogP contribution in [0.4, 0.5) is 8.78 Å². The lowest BCUT2D eigenvalue weighted by molar-refractivity contribution is -0.125. The van der Waals surface area contributed by atoms with E-state index in [1.165, 1.54) is 6.07 Å². The van der Waals surface area contributed by atoms with Gasteiger partial charge in [-0.1, -0.05) is 17.7 Å². The van der Waals surface area contributed by atoms with Gasteiger partial charge in [0.25, 0.3) is 0 Å². The van der Waals surface area contributed by atoms with Gasteiger partial charge >= 0.3 is 6.61 Å². The van der Waals surface area contributed by atoms with E-state index in [2.05, 4.69) is 10.1 Å². The predicted molar refractivity (Wildman–Crippen MR) is 82.2 cm³/mol. The highest BCUT2D eigenvalue weighted by atomic mass is 35.5. The van der Waals surface area contributed by atoms with Gasteiger partial charge in [-0.15, -0.1) is 12.4 Å². The Morgan fingerprint density at radius 2 is 2.18 bits per heavy atom. The molecule has 4 nitrogen and oxygen atoms in total. The van der Waals surface area contributed by atoms with Gasteiger partial charge in [0, 0.05) is 24.1 Å². The fourth-order valence-corrected chi connectivity index (χ4v) is 2.64. The van der Waals surface area contributed by atoms with Crippen LogP contribution in [0, 0.1) is 12.8 Å². The topological polar surface area (TPSA) is 64.3 Å². The molecule has 0 aliphatic heterocycles. The van der Waals surface area contributed by atoms with E-state index in [1.54, 1.807) is 12.1 Å². The monoisotopic (exact) mass is 334 g/mol. The first-order chi connectivity index (χ1) is 9.95. The number of rotatable bonds is 5. The third-order valence-electron chi connectivity index (χ3n) is 3.73. The molecule has 1 saturated carbocycles. The second-order valence-corrected chi connectivity index (χ2v) is 5.48. The highest BCUT2D eigenvalue weighted by molar-refractivity contribution is 5.85. The molecule has 2 rings (SSSR count). The summed E-state index contributed by atoms with van der Waals surface area (Å²) in [6.45, 7) is -0.850. The SMILES string of the molecule is Cc1ccc(OC(F)F)c(CNC(=O)C2CCC(N)C2)c1.Cl. The zero-order chi connectivity index (χ0) is 15.4. The number of nitrogens with two attached hydrogens (primary N) is 1. The van der Waals surface area contributed by atoms with Crippen LogP contribution in [0.5, 0.6) is 5.75 Å². The highest BCUT2D eigenvalue weighted by Crippen LogP contribution is 2.25. The Hall–Kier alpha value is -1.40. The third-order valence-corrected chi connectivity index (χ3v) is 3.73. The molecule has 1 aliphatic carbocycles. The van der Waals surface area contributed by atoms with Gasteiger partial charge in [-0.3, -0.25) is 4.79 Å². The number of aryl methyl sites for hydroxylation is 1. The minimum atomic E-state index is -2.88. The molecule has 0 bridgehead atoms. The molecular formula is C15H21ClF2N2O2. The number of alkyl halides is 2. The van der Waals surface area contributed by atoms with E-state index in [0.717, 1.165) is 18.4 Å². The Labute approximate surface area is 134 Å². The second kappa shape index (κ2) is 8.29. The summed E-state index contributed by atoms with van der Waals surface area (Å²) in [5, 5.41) is 2.78. The van der Waals surface area contributed by atoms with Crippen molar-refractivity contribution in [1.82, 2.24) is 5.32 Å². The van der Waals surface area contributed by atoms with Gasteiger partial charge in [-0.25, -0.2) is 0 Å². The summed E-state index contributed by atoms with van der Waals surface area (Å²) >= 11 is 0. The van der Waals surface area contributed by atoms with E-state index in [4.69, 9.17) is 5.73 Å². The van der Waals surface area contributed by atoms with Crippen LogP contribution in [0.25, 0.3) is 0 Å². The van der Waals surface area contributed by atoms with Crippen LogP contribution in [0.3, 0.4) is 0 Å². The summed E-state index contributed by atoms with van der Waals surface area (Å²) in [5.41, 5.74) is 7.25. The Morgan fingerprint density at radius 3 is 2.77 bits per heavy atom. The summed E-state index contributed by atoms with van der Waals surface area (Å²) < 4.78 is 29.2. The number of carbonyl (C=O) groups is 1. The highest BCUT2D eigenvalue weighted by Gasteiger charge is 2.27. The van der Waals surface area contributed by atoms with Crippen molar-refractivity contribution < 1.29 is 18.3 Å². The van der Waals surface area contributed by atoms with E-state index in [1.807, 2.05) is 6.92 Å². The lowest BCUT2D eigenvalue weighted by Crippen LogP contribution is -2.30. The van der Waals surface area contributed by atoms with Gasteiger partial charge in [-0.05, 0) is 32.3 Å². The van der Waals surface area contributed by atoms with Crippen LogP contribution in [0.2, 0.25) is 0 Å². The van der Waals surface area contributed by atoms with Crippen molar-refractivity contribution >= 4 is 18.3 Å². The van der Waals surface area contributed by atoms with Gasteiger partial charge in [0.15, 0.2) is 0 Å². The summed E-state index contributed by atoms with van der Waals surface area (Å²) in [6.07, 6.45) is 2.31. The predicted octanol–water partition coefficient (Wildman–Crippen LogP) is 2.76. The Balaban J connectivity index is 0.00000242. The molecule has 7 heteroatoms. The number of halogens is 3. The third kappa shape index (κ3) is 5.10. The first kappa shape index (κ1) is 18.6. The minimum Gasteiger partial charge on any atom is -0.434 e. The number of amides is 1. The number of ether oxygens (including phenoxy) is 1. The number of hydrogen-bond donors (Lipinski definition) is 2. The van der Waals surface area contributed by atoms with Crippen molar-refractivity contribution in [1.29, 1.82) is 0 Å². The molecule has 1 aliphatic rings. The molecule has 0 radical (unpaired) electrons. The minimum absolute atomic E-state index is 0. The van der Waals surface area contributed by atoms with Gasteiger partial charge < -0.3 is 15.8 Å². The molecular weight excluding hydrogens is 314 g/mol. The lowest BCUT2D eigenvalue weighted by Gasteiger charge is -2.14. The van der Waals surface area contributed by atoms with Crippen molar-refractivity contribution in [3.63, 3.8) is 0 Å². The normalized spacial score (nSPS) is 20.6. The summed E-state index contributed by atoms with van der Waals surface area (Å²) in [6, 6.07) is 5.00. The molecule has 1 amide bonds. The number of hydrogen-bond acceptors (Lipinski definition) is 3. The smallest absolute Gasteiger partial charge is 0.387 e. The number of nitrogens with one attached hydrogen (secondary N) is 1. The molecule has 2 unspecified atom stereocenters. The number of benzene rings is 1. The van der Waals surface area contributed by atoms with Gasteiger partial charge in [0.2, 0.25) is 5.91 Å². The van der Waals surface area contributed by atoms with Crippen LogP contribution in [0.15, 0.2) is 18.2 Å². The van der Waals surface area contributed by atoms with Crippen LogP contribution in [-0.2, 0) is 11.3 Å². The van der Waals surface area contributed by atoms with Gasteiger partial charge in [-0.2, -0.15) is 8.78 Å². The van der Waals surface area contributed by atoms with E-state index in [-0.39, 0.29) is 42.6 Å². The molecule has 0 heterocycles. The maximum atomic E-state index is 12.4. The Morgan fingerprint density at radius 1 is 1.45 bits per heavy atom. The molecule has 124 valence electrons. The maximum Gasteiger partial charge on any atom is 0.387 e. The zero-order valence-electron chi connectivity index (χ0n) is 12.4. The largest absolute Gasteiger partial charge is 0.434 e. The van der Waals surface area contributed by atoms with Gasteiger partial charge in [0.05, 0.1) is 0 Å². The van der Waals surface area contributed by atoms with Crippen molar-refractivity contribution in [3.8, 4) is 5.75 Å². The van der Waals surface area contributed by atoms with Crippen molar-refractivity contribution in [3.05, 3.63) is 29.3 Å². The van der Waals surface area contributed by atoms with Gasteiger partial charge in [0.1, 0.15) is 5.75 Å². The van der Waals surface area contributed by atoms with Crippen LogP contribution in [-0.4, -0.2) is 18.6 Å². The van der Waals surface area contributed by atoms with Crippen molar-refractivity contribution in [2.24, 2.45) is 11.7 Å².